The van der Waals surface area contributed by atoms with Crippen LogP contribution in [0.15, 0.2) is 42.5 Å². The number of benzene rings is 2. The molecule has 0 fully saturated rings. The van der Waals surface area contributed by atoms with Gasteiger partial charge >= 0.3 is 0 Å². The number of rotatable bonds is 2. The van der Waals surface area contributed by atoms with Gasteiger partial charge in [-0.1, -0.05) is 11.6 Å². The van der Waals surface area contributed by atoms with E-state index in [0.717, 1.165) is 0 Å². The van der Waals surface area contributed by atoms with Crippen molar-refractivity contribution in [2.24, 2.45) is 0 Å². The highest BCUT2D eigenvalue weighted by Crippen LogP contribution is 2.30. The van der Waals surface area contributed by atoms with Crippen molar-refractivity contribution in [3.63, 3.8) is 0 Å². The van der Waals surface area contributed by atoms with Crippen molar-refractivity contribution in [3.05, 3.63) is 53.3 Å². The van der Waals surface area contributed by atoms with Crippen molar-refractivity contribution in [2.45, 2.75) is 0 Å². The Balaban J connectivity index is 2.01. The molecule has 3 rings (SSSR count). The Hall–Kier alpha value is -2.40. The lowest BCUT2D eigenvalue weighted by Gasteiger charge is -2.00. The molecule has 100 valence electrons. The summed E-state index contributed by atoms with van der Waals surface area (Å²) >= 11 is 5.89. The summed E-state index contributed by atoms with van der Waals surface area (Å²) < 4.78 is 12.9. The van der Waals surface area contributed by atoms with Crippen molar-refractivity contribution in [2.75, 3.05) is 0 Å². The lowest BCUT2D eigenvalue weighted by atomic mass is 10.2. The van der Waals surface area contributed by atoms with E-state index >= 15 is 0 Å². The zero-order valence-electron chi connectivity index (χ0n) is 10.1. The number of hydrogen-bond acceptors (Lipinski definition) is 3. The Morgan fingerprint density at radius 1 is 1.10 bits per heavy atom. The second-order valence-electron chi connectivity index (χ2n) is 4.18. The number of halogens is 2. The molecule has 1 heterocycles. The van der Waals surface area contributed by atoms with Crippen LogP contribution in [-0.4, -0.2) is 20.3 Å². The Labute approximate surface area is 118 Å². The quantitative estimate of drug-likeness (QED) is 0.757. The third kappa shape index (κ3) is 2.35. The van der Waals surface area contributed by atoms with Crippen molar-refractivity contribution >= 4 is 11.6 Å². The largest absolute Gasteiger partial charge is 0.507 e. The first-order valence-corrected chi connectivity index (χ1v) is 6.18. The molecule has 0 radical (unpaired) electrons. The lowest BCUT2D eigenvalue weighted by molar-refractivity contribution is 0.477. The van der Waals surface area contributed by atoms with Crippen LogP contribution < -0.4 is 0 Å². The SMILES string of the molecule is Oc1ccc(Cl)cc1-c1nc(-c2ccc(F)cc2)n[nH]1. The molecule has 0 aliphatic heterocycles. The maximum atomic E-state index is 12.9. The summed E-state index contributed by atoms with van der Waals surface area (Å²) in [4.78, 5) is 4.27. The molecule has 0 unspecified atom stereocenters. The fraction of sp³-hybridized carbons (Fsp3) is 0. The fourth-order valence-corrected chi connectivity index (χ4v) is 1.98. The van der Waals surface area contributed by atoms with Crippen LogP contribution in [0.1, 0.15) is 0 Å². The van der Waals surface area contributed by atoms with Crippen LogP contribution in [0.3, 0.4) is 0 Å². The van der Waals surface area contributed by atoms with Crippen molar-refractivity contribution in [3.8, 4) is 28.5 Å². The predicted molar refractivity (Wildman–Crippen MR) is 73.9 cm³/mol. The molecule has 3 aromatic rings. The third-order valence-corrected chi connectivity index (χ3v) is 3.04. The number of aromatic amines is 1. The van der Waals surface area contributed by atoms with E-state index in [-0.39, 0.29) is 11.6 Å². The summed E-state index contributed by atoms with van der Waals surface area (Å²) in [6.07, 6.45) is 0. The second-order valence-corrected chi connectivity index (χ2v) is 4.61. The number of hydrogen-bond donors (Lipinski definition) is 2. The molecule has 2 aromatic carbocycles. The maximum absolute atomic E-state index is 12.9. The smallest absolute Gasteiger partial charge is 0.181 e. The molecule has 4 nitrogen and oxygen atoms in total. The van der Waals surface area contributed by atoms with Gasteiger partial charge in [0, 0.05) is 10.6 Å². The van der Waals surface area contributed by atoms with E-state index < -0.39 is 0 Å². The summed E-state index contributed by atoms with van der Waals surface area (Å²) in [7, 11) is 0. The topological polar surface area (TPSA) is 61.8 Å². The number of aromatic nitrogens is 3. The first-order chi connectivity index (χ1) is 9.63. The Morgan fingerprint density at radius 3 is 2.60 bits per heavy atom. The summed E-state index contributed by atoms with van der Waals surface area (Å²) in [6.45, 7) is 0. The summed E-state index contributed by atoms with van der Waals surface area (Å²) in [5, 5.41) is 17.1. The molecule has 2 N–H and O–H groups in total. The van der Waals surface area contributed by atoms with E-state index in [4.69, 9.17) is 11.6 Å². The number of aromatic hydroxyl groups is 1. The molecule has 1 aromatic heterocycles. The minimum absolute atomic E-state index is 0.0520. The van der Waals surface area contributed by atoms with Gasteiger partial charge in [0.05, 0.1) is 5.56 Å². The van der Waals surface area contributed by atoms with Gasteiger partial charge in [0.25, 0.3) is 0 Å². The minimum atomic E-state index is -0.322. The molecular formula is C14H9ClFN3O. The number of phenolic OH excluding ortho intramolecular Hbond substituents is 1. The highest BCUT2D eigenvalue weighted by molar-refractivity contribution is 6.30. The van der Waals surface area contributed by atoms with Crippen LogP contribution in [-0.2, 0) is 0 Å². The summed E-state index contributed by atoms with van der Waals surface area (Å²) in [5.74, 6) is 0.539. The van der Waals surface area contributed by atoms with Crippen molar-refractivity contribution < 1.29 is 9.50 Å². The van der Waals surface area contributed by atoms with Gasteiger partial charge in [0.2, 0.25) is 0 Å². The molecule has 0 atom stereocenters. The summed E-state index contributed by atoms with van der Waals surface area (Å²) in [6, 6.07) is 10.5. The number of nitrogens with one attached hydrogen (secondary N) is 1. The molecule has 6 heteroatoms. The van der Waals surface area contributed by atoms with Gasteiger partial charge in [-0.15, -0.1) is 0 Å². The van der Waals surface area contributed by atoms with Gasteiger partial charge in [-0.05, 0) is 42.5 Å². The van der Waals surface area contributed by atoms with Gasteiger partial charge < -0.3 is 5.11 Å². The van der Waals surface area contributed by atoms with Crippen molar-refractivity contribution in [1.82, 2.24) is 15.2 Å². The van der Waals surface area contributed by atoms with Gasteiger partial charge in [0.15, 0.2) is 11.6 Å². The Kier molecular flexibility index (Phi) is 3.12. The van der Waals surface area contributed by atoms with E-state index in [1.54, 1.807) is 24.3 Å². The number of phenols is 1. The Bertz CT molecular complexity index is 755. The van der Waals surface area contributed by atoms with Crippen molar-refractivity contribution in [1.29, 1.82) is 0 Å². The van der Waals surface area contributed by atoms with Crippen LogP contribution in [0.25, 0.3) is 22.8 Å². The van der Waals surface area contributed by atoms with Gasteiger partial charge in [-0.3, -0.25) is 5.10 Å². The van der Waals surface area contributed by atoms with Crippen LogP contribution in [0.2, 0.25) is 5.02 Å². The second kappa shape index (κ2) is 4.94. The highest BCUT2D eigenvalue weighted by Gasteiger charge is 2.11. The first kappa shape index (κ1) is 12.6. The standard InChI is InChI=1S/C14H9ClFN3O/c15-9-3-6-12(20)11(7-9)14-17-13(18-19-14)8-1-4-10(16)5-2-8/h1-7,20H,(H,17,18,19). The third-order valence-electron chi connectivity index (χ3n) is 2.80. The number of nitrogens with zero attached hydrogens (tertiary/aromatic N) is 2. The van der Waals surface area contributed by atoms with Crippen LogP contribution in [0.4, 0.5) is 4.39 Å². The minimum Gasteiger partial charge on any atom is -0.507 e. The van der Waals surface area contributed by atoms with Crippen LogP contribution in [0, 0.1) is 5.82 Å². The van der Waals surface area contributed by atoms with Gasteiger partial charge in [0.1, 0.15) is 11.6 Å². The van der Waals surface area contributed by atoms with Crippen LogP contribution in [0.5, 0.6) is 5.75 Å². The van der Waals surface area contributed by atoms with Gasteiger partial charge in [-0.25, -0.2) is 9.37 Å². The van der Waals surface area contributed by atoms with E-state index in [0.29, 0.717) is 27.8 Å². The predicted octanol–water partition coefficient (Wildman–Crippen LogP) is 3.64. The molecule has 0 aliphatic rings. The first-order valence-electron chi connectivity index (χ1n) is 5.81. The Morgan fingerprint density at radius 2 is 1.85 bits per heavy atom. The zero-order chi connectivity index (χ0) is 14.1. The molecular weight excluding hydrogens is 281 g/mol. The highest BCUT2D eigenvalue weighted by atomic mass is 35.5. The van der Waals surface area contributed by atoms with E-state index in [9.17, 15) is 9.50 Å². The van der Waals surface area contributed by atoms with E-state index in [2.05, 4.69) is 15.2 Å². The molecule has 0 spiro atoms. The lowest BCUT2D eigenvalue weighted by Crippen LogP contribution is -1.83. The maximum Gasteiger partial charge on any atom is 0.181 e. The monoisotopic (exact) mass is 289 g/mol. The summed E-state index contributed by atoms with van der Waals surface area (Å²) in [5.41, 5.74) is 1.13. The molecule has 0 amide bonds. The molecule has 0 bridgehead atoms. The fourth-order valence-electron chi connectivity index (χ4n) is 1.81. The average molecular weight is 290 g/mol. The van der Waals surface area contributed by atoms with E-state index in [1.807, 2.05) is 0 Å². The van der Waals surface area contributed by atoms with Gasteiger partial charge in [-0.2, -0.15) is 5.10 Å². The van der Waals surface area contributed by atoms with Crippen LogP contribution >= 0.6 is 11.6 Å². The molecule has 0 aliphatic carbocycles. The normalized spacial score (nSPS) is 10.7. The number of H-pyrrole nitrogens is 1. The van der Waals surface area contributed by atoms with E-state index in [1.165, 1.54) is 18.2 Å². The molecule has 0 saturated carbocycles. The zero-order valence-corrected chi connectivity index (χ0v) is 10.9. The molecule has 0 saturated heterocycles. The molecule has 20 heavy (non-hydrogen) atoms. The average Bonchev–Trinajstić information content (AvgIpc) is 2.92.